The number of rotatable bonds is 20. The van der Waals surface area contributed by atoms with Crippen molar-refractivity contribution in [3.8, 4) is 0 Å². The van der Waals surface area contributed by atoms with Gasteiger partial charge in [-0.05, 0) is 58.3 Å². The van der Waals surface area contributed by atoms with Crippen molar-refractivity contribution in [3.63, 3.8) is 0 Å². The Hall–Kier alpha value is -1.28. The summed E-state index contributed by atoms with van der Waals surface area (Å²) in [6, 6.07) is 0. The summed E-state index contributed by atoms with van der Waals surface area (Å²) in [7, 11) is 0. The van der Waals surface area contributed by atoms with Crippen LogP contribution in [0.15, 0.2) is 48.8 Å². The van der Waals surface area contributed by atoms with Crippen molar-refractivity contribution in [2.45, 2.75) is 123 Å². The molecule has 176 valence electrons. The van der Waals surface area contributed by atoms with Gasteiger partial charge in [0.25, 0.3) is 0 Å². The van der Waals surface area contributed by atoms with Crippen molar-refractivity contribution in [2.75, 3.05) is 6.61 Å². The van der Waals surface area contributed by atoms with Gasteiger partial charge < -0.3 is 10.2 Å². The second kappa shape index (κ2) is 32.4. The molecule has 2 nitrogen and oxygen atoms in total. The van der Waals surface area contributed by atoms with Crippen molar-refractivity contribution in [1.82, 2.24) is 0 Å². The molecule has 0 saturated carbocycles. The van der Waals surface area contributed by atoms with Crippen molar-refractivity contribution >= 4 is 0 Å². The van der Waals surface area contributed by atoms with Gasteiger partial charge in [-0.3, -0.25) is 0 Å². The maximum absolute atomic E-state index is 8.55. The van der Waals surface area contributed by atoms with Crippen LogP contribution in [-0.2, 0) is 0 Å². The fourth-order valence-electron chi connectivity index (χ4n) is 3.13. The highest BCUT2D eigenvalue weighted by atomic mass is 16.3. The Labute approximate surface area is 188 Å². The lowest BCUT2D eigenvalue weighted by Gasteiger charge is -2.00. The predicted molar refractivity (Wildman–Crippen MR) is 136 cm³/mol. The third-order valence-corrected chi connectivity index (χ3v) is 4.97. The smallest absolute Gasteiger partial charge is 0.0751 e. The van der Waals surface area contributed by atoms with Crippen LogP contribution in [0, 0.1) is 0 Å². The lowest BCUT2D eigenvalue weighted by Crippen LogP contribution is -1.82. The molecule has 0 aromatic carbocycles. The Morgan fingerprint density at radius 1 is 0.533 bits per heavy atom. The van der Waals surface area contributed by atoms with Gasteiger partial charge in [0, 0.05) is 6.61 Å². The quantitative estimate of drug-likeness (QED) is 0.0891. The molecule has 0 aromatic heterocycles. The molecular formula is C28H52O2. The average molecular weight is 421 g/mol. The zero-order valence-corrected chi connectivity index (χ0v) is 20.2. The topological polar surface area (TPSA) is 40.5 Å². The Kier molecular flexibility index (Phi) is 33.4. The molecule has 0 aliphatic carbocycles. The number of hydrogen-bond acceptors (Lipinski definition) is 2. The zero-order valence-electron chi connectivity index (χ0n) is 20.2. The standard InChI is InChI=1S/C16H30O.C12H22O/c1-2-3-4-5-6-7-8-9-10-11-12-13-14-15-16-17;1-2-3-4-5-6-7-8-9-10-11-12-13/h3-4,15-17H,2,5-14H2,1H3;2-5,13H,6-12H2,1H3/b4-3+,16-15+;3-2+,5-4+. The van der Waals surface area contributed by atoms with Crippen LogP contribution >= 0.6 is 0 Å². The normalized spacial score (nSPS) is 11.8. The van der Waals surface area contributed by atoms with Gasteiger partial charge in [0.1, 0.15) is 0 Å². The van der Waals surface area contributed by atoms with E-state index in [-0.39, 0.29) is 0 Å². The molecule has 0 radical (unpaired) electrons. The third kappa shape index (κ3) is 34.2. The minimum Gasteiger partial charge on any atom is -0.516 e. The zero-order chi connectivity index (χ0) is 22.4. The number of unbranched alkanes of at least 4 members (excludes halogenated alkanes) is 14. The number of allylic oxidation sites excluding steroid dienone is 7. The summed E-state index contributed by atoms with van der Waals surface area (Å²) in [4.78, 5) is 0. The number of aliphatic hydroxyl groups excluding tert-OH is 2. The largest absolute Gasteiger partial charge is 0.516 e. The van der Waals surface area contributed by atoms with E-state index < -0.39 is 0 Å². The minimum absolute atomic E-state index is 0.348. The monoisotopic (exact) mass is 420 g/mol. The van der Waals surface area contributed by atoms with Crippen LogP contribution in [0.1, 0.15) is 123 Å². The van der Waals surface area contributed by atoms with Crippen LogP contribution < -0.4 is 0 Å². The molecule has 0 unspecified atom stereocenters. The summed E-state index contributed by atoms with van der Waals surface area (Å²) in [5, 5.41) is 17.0. The molecule has 0 bridgehead atoms. The maximum Gasteiger partial charge on any atom is 0.0751 e. The maximum atomic E-state index is 8.55. The Balaban J connectivity index is 0. The summed E-state index contributed by atoms with van der Waals surface area (Å²) in [6.07, 6.45) is 37.4. The van der Waals surface area contributed by atoms with E-state index in [1.807, 2.05) is 19.1 Å². The molecule has 0 aromatic rings. The van der Waals surface area contributed by atoms with E-state index in [1.54, 1.807) is 0 Å². The molecule has 0 spiro atoms. The predicted octanol–water partition coefficient (Wildman–Crippen LogP) is 9.38. The summed E-state index contributed by atoms with van der Waals surface area (Å²) in [6.45, 7) is 4.56. The van der Waals surface area contributed by atoms with Crippen LogP contribution in [0.3, 0.4) is 0 Å². The molecule has 30 heavy (non-hydrogen) atoms. The molecule has 2 heteroatoms. The highest BCUT2D eigenvalue weighted by Crippen LogP contribution is 2.11. The van der Waals surface area contributed by atoms with Gasteiger partial charge in [0.05, 0.1) is 6.26 Å². The number of aliphatic hydroxyl groups is 2. The van der Waals surface area contributed by atoms with Crippen LogP contribution in [0.25, 0.3) is 0 Å². The summed E-state index contributed by atoms with van der Waals surface area (Å²) in [5.41, 5.74) is 0. The third-order valence-electron chi connectivity index (χ3n) is 4.97. The number of hydrogen-bond donors (Lipinski definition) is 2. The molecule has 0 atom stereocenters. The van der Waals surface area contributed by atoms with Gasteiger partial charge in [-0.25, -0.2) is 0 Å². The molecule has 0 aliphatic heterocycles. The van der Waals surface area contributed by atoms with Crippen LogP contribution in [0.2, 0.25) is 0 Å². The first-order chi connectivity index (χ1) is 14.8. The Bertz CT molecular complexity index is 393. The lowest BCUT2D eigenvalue weighted by molar-refractivity contribution is 0.282. The van der Waals surface area contributed by atoms with Crippen LogP contribution in [0.4, 0.5) is 0 Å². The Morgan fingerprint density at radius 2 is 1.00 bits per heavy atom. The van der Waals surface area contributed by atoms with Gasteiger partial charge in [-0.15, -0.1) is 0 Å². The molecule has 0 fully saturated rings. The fraction of sp³-hybridized carbons (Fsp3) is 0.714. The summed E-state index contributed by atoms with van der Waals surface area (Å²) < 4.78 is 0. The van der Waals surface area contributed by atoms with E-state index in [4.69, 9.17) is 10.2 Å². The summed E-state index contributed by atoms with van der Waals surface area (Å²) >= 11 is 0. The van der Waals surface area contributed by atoms with Crippen molar-refractivity contribution in [3.05, 3.63) is 48.8 Å². The minimum atomic E-state index is 0.348. The van der Waals surface area contributed by atoms with Gasteiger partial charge in [0.2, 0.25) is 0 Å². The van der Waals surface area contributed by atoms with Gasteiger partial charge in [0.15, 0.2) is 0 Å². The van der Waals surface area contributed by atoms with Crippen molar-refractivity contribution in [1.29, 1.82) is 0 Å². The second-order valence-electron chi connectivity index (χ2n) is 7.90. The Morgan fingerprint density at radius 3 is 1.47 bits per heavy atom. The molecule has 2 N–H and O–H groups in total. The van der Waals surface area contributed by atoms with Crippen molar-refractivity contribution in [2.24, 2.45) is 0 Å². The molecular weight excluding hydrogens is 368 g/mol. The molecule has 0 heterocycles. The summed E-state index contributed by atoms with van der Waals surface area (Å²) in [5.74, 6) is 0. The van der Waals surface area contributed by atoms with Gasteiger partial charge >= 0.3 is 0 Å². The molecule has 0 saturated heterocycles. The van der Waals surface area contributed by atoms with Crippen LogP contribution in [0.5, 0.6) is 0 Å². The second-order valence-corrected chi connectivity index (χ2v) is 7.90. The molecule has 0 aliphatic rings. The SMILES string of the molecule is C/C=C/C=C/CCCCCCCO.CC/C=C/CCCCCCCCCC/C=C/O. The highest BCUT2D eigenvalue weighted by molar-refractivity contribution is 5.00. The first-order valence-electron chi connectivity index (χ1n) is 12.7. The van der Waals surface area contributed by atoms with Gasteiger partial charge in [-0.2, -0.15) is 0 Å². The van der Waals surface area contributed by atoms with E-state index in [2.05, 4.69) is 37.3 Å². The van der Waals surface area contributed by atoms with Gasteiger partial charge in [-0.1, -0.05) is 107 Å². The van der Waals surface area contributed by atoms with Crippen LogP contribution in [-0.4, -0.2) is 16.8 Å². The molecule has 0 rings (SSSR count). The molecule has 0 amide bonds. The van der Waals surface area contributed by atoms with E-state index in [0.29, 0.717) is 6.61 Å². The van der Waals surface area contributed by atoms with Crippen molar-refractivity contribution < 1.29 is 10.2 Å². The van der Waals surface area contributed by atoms with E-state index >= 15 is 0 Å². The van der Waals surface area contributed by atoms with E-state index in [1.165, 1.54) is 96.3 Å². The fourth-order valence-corrected chi connectivity index (χ4v) is 3.13. The average Bonchev–Trinajstić information content (AvgIpc) is 2.76. The first kappa shape index (κ1) is 30.9. The lowest BCUT2D eigenvalue weighted by atomic mass is 10.1. The van der Waals surface area contributed by atoms with E-state index in [0.717, 1.165) is 19.1 Å². The van der Waals surface area contributed by atoms with E-state index in [9.17, 15) is 0 Å². The first-order valence-corrected chi connectivity index (χ1v) is 12.7. The highest BCUT2D eigenvalue weighted by Gasteiger charge is 1.91.